The molecule has 3 N–H and O–H groups in total. The van der Waals surface area contributed by atoms with Crippen molar-refractivity contribution in [3.63, 3.8) is 0 Å². The highest BCUT2D eigenvalue weighted by molar-refractivity contribution is 6.30. The van der Waals surface area contributed by atoms with Crippen molar-refractivity contribution in [1.29, 1.82) is 0 Å². The second kappa shape index (κ2) is 9.15. The molecule has 0 aromatic heterocycles. The van der Waals surface area contributed by atoms with E-state index in [4.69, 9.17) is 16.3 Å². The zero-order valence-corrected chi connectivity index (χ0v) is 14.2. The van der Waals surface area contributed by atoms with Crippen LogP contribution in [0.1, 0.15) is 17.2 Å². The molecule has 1 unspecified atom stereocenters. The number of amides is 2. The first kappa shape index (κ1) is 18.1. The maximum Gasteiger partial charge on any atom is 0.315 e. The van der Waals surface area contributed by atoms with Gasteiger partial charge >= 0.3 is 6.03 Å². The van der Waals surface area contributed by atoms with E-state index in [9.17, 15) is 9.90 Å². The molecule has 5 nitrogen and oxygen atoms in total. The number of carbonyl (C=O) groups is 1. The molecule has 1 atom stereocenters. The quantitative estimate of drug-likeness (QED) is 0.720. The Bertz CT molecular complexity index is 662. The Hall–Kier alpha value is -2.24. The Morgan fingerprint density at radius 3 is 2.58 bits per heavy atom. The summed E-state index contributed by atoms with van der Waals surface area (Å²) in [6, 6.07) is 13.9. The fourth-order valence-corrected chi connectivity index (χ4v) is 2.48. The van der Waals surface area contributed by atoms with Crippen molar-refractivity contribution >= 4 is 17.6 Å². The molecule has 0 radical (unpaired) electrons. The van der Waals surface area contributed by atoms with Crippen molar-refractivity contribution in [2.24, 2.45) is 0 Å². The molecule has 0 aliphatic carbocycles. The first-order valence-corrected chi connectivity index (χ1v) is 8.04. The fourth-order valence-electron chi connectivity index (χ4n) is 2.36. The van der Waals surface area contributed by atoms with Crippen molar-refractivity contribution in [3.05, 3.63) is 64.7 Å². The molecular formula is C18H21ClN2O3. The summed E-state index contributed by atoms with van der Waals surface area (Å²) in [6.45, 7) is 0.270. The smallest absolute Gasteiger partial charge is 0.315 e. The number of ether oxygens (including phenoxy) is 1. The molecule has 0 fully saturated rings. The van der Waals surface area contributed by atoms with Crippen LogP contribution in [-0.4, -0.2) is 31.4 Å². The number of para-hydroxylation sites is 1. The standard InChI is InChI=1S/C18H21ClN2O3/c1-24-17-5-3-2-4-14(17)10-11-20-18(23)21-16(12-22)13-6-8-15(19)9-7-13/h2-9,16,22H,10-12H2,1H3,(H2,20,21,23). The molecule has 0 aliphatic rings. The number of hydrogen-bond donors (Lipinski definition) is 3. The number of carbonyl (C=O) groups excluding carboxylic acids is 1. The maximum atomic E-state index is 12.0. The molecule has 24 heavy (non-hydrogen) atoms. The van der Waals surface area contributed by atoms with Crippen molar-refractivity contribution in [3.8, 4) is 5.75 Å². The highest BCUT2D eigenvalue weighted by Crippen LogP contribution is 2.18. The molecule has 2 aromatic carbocycles. The predicted octanol–water partition coefficient (Wildman–Crippen LogP) is 2.92. The van der Waals surface area contributed by atoms with E-state index in [0.717, 1.165) is 16.9 Å². The molecule has 2 amide bonds. The summed E-state index contributed by atoms with van der Waals surface area (Å²) in [5.41, 5.74) is 1.82. The van der Waals surface area contributed by atoms with Gasteiger partial charge in [-0.15, -0.1) is 0 Å². The third-order valence-corrected chi connectivity index (χ3v) is 3.88. The van der Waals surface area contributed by atoms with Crippen LogP contribution in [0.15, 0.2) is 48.5 Å². The number of halogens is 1. The van der Waals surface area contributed by atoms with Crippen molar-refractivity contribution in [2.75, 3.05) is 20.3 Å². The van der Waals surface area contributed by atoms with Gasteiger partial charge < -0.3 is 20.5 Å². The van der Waals surface area contributed by atoms with Crippen LogP contribution in [0.4, 0.5) is 4.79 Å². The number of urea groups is 1. The van der Waals surface area contributed by atoms with Crippen LogP contribution < -0.4 is 15.4 Å². The molecule has 2 rings (SSSR count). The number of benzene rings is 2. The van der Waals surface area contributed by atoms with Gasteiger partial charge in [0, 0.05) is 11.6 Å². The molecule has 128 valence electrons. The fraction of sp³-hybridized carbons (Fsp3) is 0.278. The average molecular weight is 349 g/mol. The Balaban J connectivity index is 1.84. The third kappa shape index (κ3) is 5.15. The molecule has 0 heterocycles. The number of rotatable bonds is 7. The van der Waals surface area contributed by atoms with E-state index in [1.54, 1.807) is 31.4 Å². The van der Waals surface area contributed by atoms with Crippen LogP contribution >= 0.6 is 11.6 Å². The molecule has 0 saturated carbocycles. The van der Waals surface area contributed by atoms with Gasteiger partial charge in [0.2, 0.25) is 0 Å². The van der Waals surface area contributed by atoms with E-state index in [0.29, 0.717) is 18.0 Å². The van der Waals surface area contributed by atoms with E-state index in [2.05, 4.69) is 10.6 Å². The topological polar surface area (TPSA) is 70.6 Å². The van der Waals surface area contributed by atoms with E-state index >= 15 is 0 Å². The van der Waals surface area contributed by atoms with Crippen LogP contribution in [0, 0.1) is 0 Å². The van der Waals surface area contributed by atoms with Gasteiger partial charge in [-0.3, -0.25) is 0 Å². The summed E-state index contributed by atoms with van der Waals surface area (Å²) in [4.78, 5) is 12.0. The molecule has 0 saturated heterocycles. The van der Waals surface area contributed by atoms with Gasteiger partial charge in [0.05, 0.1) is 19.8 Å². The molecule has 6 heteroatoms. The molecule has 2 aromatic rings. The van der Waals surface area contributed by atoms with Gasteiger partial charge in [-0.2, -0.15) is 0 Å². The monoisotopic (exact) mass is 348 g/mol. The zero-order chi connectivity index (χ0) is 17.4. The lowest BCUT2D eigenvalue weighted by Gasteiger charge is -2.17. The Morgan fingerprint density at radius 1 is 1.21 bits per heavy atom. The second-order valence-corrected chi connectivity index (χ2v) is 5.69. The minimum Gasteiger partial charge on any atom is -0.496 e. The highest BCUT2D eigenvalue weighted by atomic mass is 35.5. The van der Waals surface area contributed by atoms with Crippen LogP contribution in [0.25, 0.3) is 0 Å². The predicted molar refractivity (Wildman–Crippen MR) is 94.5 cm³/mol. The minimum absolute atomic E-state index is 0.193. The Labute approximate surface area is 146 Å². The van der Waals surface area contributed by atoms with E-state index in [-0.39, 0.29) is 12.6 Å². The van der Waals surface area contributed by atoms with Gasteiger partial charge in [0.1, 0.15) is 5.75 Å². The maximum absolute atomic E-state index is 12.0. The van der Waals surface area contributed by atoms with E-state index in [1.165, 1.54) is 0 Å². The zero-order valence-electron chi connectivity index (χ0n) is 13.5. The summed E-state index contributed by atoms with van der Waals surface area (Å²) in [5, 5.41) is 15.6. The van der Waals surface area contributed by atoms with Gasteiger partial charge in [-0.25, -0.2) is 4.79 Å². The van der Waals surface area contributed by atoms with Crippen LogP contribution in [-0.2, 0) is 6.42 Å². The normalized spacial score (nSPS) is 11.6. The Morgan fingerprint density at radius 2 is 1.92 bits per heavy atom. The highest BCUT2D eigenvalue weighted by Gasteiger charge is 2.13. The molecule has 0 aliphatic heterocycles. The minimum atomic E-state index is -0.478. The van der Waals surface area contributed by atoms with Crippen molar-refractivity contribution in [1.82, 2.24) is 10.6 Å². The van der Waals surface area contributed by atoms with Crippen LogP contribution in [0.5, 0.6) is 5.75 Å². The number of methoxy groups -OCH3 is 1. The summed E-state index contributed by atoms with van der Waals surface area (Å²) in [7, 11) is 1.62. The second-order valence-electron chi connectivity index (χ2n) is 5.25. The molecule has 0 spiro atoms. The van der Waals surface area contributed by atoms with Gasteiger partial charge in [-0.05, 0) is 35.7 Å². The Kier molecular flexibility index (Phi) is 6.90. The van der Waals surface area contributed by atoms with Crippen LogP contribution in [0.2, 0.25) is 5.02 Å². The number of aliphatic hydroxyl groups is 1. The van der Waals surface area contributed by atoms with Crippen LogP contribution in [0.3, 0.4) is 0 Å². The first-order chi connectivity index (χ1) is 11.6. The van der Waals surface area contributed by atoms with E-state index in [1.807, 2.05) is 24.3 Å². The summed E-state index contributed by atoms with van der Waals surface area (Å²) in [6.07, 6.45) is 0.655. The van der Waals surface area contributed by atoms with Gasteiger partial charge in [0.25, 0.3) is 0 Å². The van der Waals surface area contributed by atoms with Gasteiger partial charge in [-0.1, -0.05) is 41.9 Å². The first-order valence-electron chi connectivity index (χ1n) is 7.66. The SMILES string of the molecule is COc1ccccc1CCNC(=O)NC(CO)c1ccc(Cl)cc1. The lowest BCUT2D eigenvalue weighted by molar-refractivity contribution is 0.217. The largest absolute Gasteiger partial charge is 0.496 e. The summed E-state index contributed by atoms with van der Waals surface area (Å²) < 4.78 is 5.28. The number of hydrogen-bond acceptors (Lipinski definition) is 3. The third-order valence-electron chi connectivity index (χ3n) is 3.63. The summed E-state index contributed by atoms with van der Waals surface area (Å²) >= 11 is 5.84. The van der Waals surface area contributed by atoms with E-state index < -0.39 is 6.04 Å². The van der Waals surface area contributed by atoms with Crippen molar-refractivity contribution in [2.45, 2.75) is 12.5 Å². The molecular weight excluding hydrogens is 328 g/mol. The number of aliphatic hydroxyl groups excluding tert-OH is 1. The summed E-state index contributed by atoms with van der Waals surface area (Å²) in [5.74, 6) is 0.800. The van der Waals surface area contributed by atoms with Crippen molar-refractivity contribution < 1.29 is 14.6 Å². The van der Waals surface area contributed by atoms with Gasteiger partial charge in [0.15, 0.2) is 0 Å². The average Bonchev–Trinajstić information content (AvgIpc) is 2.61. The lowest BCUT2D eigenvalue weighted by atomic mass is 10.1. The lowest BCUT2D eigenvalue weighted by Crippen LogP contribution is -2.40. The molecule has 0 bridgehead atoms. The number of nitrogens with one attached hydrogen (secondary N) is 2.